The summed E-state index contributed by atoms with van der Waals surface area (Å²) in [5.74, 6) is 0. The number of hydrogen-bond acceptors (Lipinski definition) is 4. The van der Waals surface area contributed by atoms with E-state index in [9.17, 15) is 4.79 Å². The quantitative estimate of drug-likeness (QED) is 0.585. The highest BCUT2D eigenvalue weighted by molar-refractivity contribution is 7.80. The number of nitrogens with two attached hydrogens (primary N) is 1. The maximum Gasteiger partial charge on any atom is 0.409 e. The van der Waals surface area contributed by atoms with Crippen molar-refractivity contribution in [3.63, 3.8) is 0 Å². The van der Waals surface area contributed by atoms with Gasteiger partial charge in [-0.05, 0) is 44.1 Å². The summed E-state index contributed by atoms with van der Waals surface area (Å²) in [5.41, 5.74) is 7.33. The van der Waals surface area contributed by atoms with E-state index in [-0.39, 0.29) is 12.1 Å². The van der Waals surface area contributed by atoms with E-state index < -0.39 is 0 Å². The van der Waals surface area contributed by atoms with Gasteiger partial charge in [-0.15, -0.1) is 0 Å². The maximum atomic E-state index is 11.6. The van der Waals surface area contributed by atoms with Crippen molar-refractivity contribution in [2.45, 2.75) is 25.8 Å². The van der Waals surface area contributed by atoms with Gasteiger partial charge in [-0.3, -0.25) is 0 Å². The van der Waals surface area contributed by atoms with E-state index in [1.165, 1.54) is 0 Å². The summed E-state index contributed by atoms with van der Waals surface area (Å²) in [4.78, 5) is 13.4. The number of para-hydroxylation sites is 2. The molecule has 4 N–H and O–H groups in total. The Morgan fingerprint density at radius 3 is 2.73 bits per heavy atom. The van der Waals surface area contributed by atoms with Gasteiger partial charge in [0.25, 0.3) is 0 Å². The number of nitrogens with zero attached hydrogens (tertiary/aromatic N) is 1. The lowest BCUT2D eigenvalue weighted by Crippen LogP contribution is -2.47. The Kier molecular flexibility index (Phi) is 5.83. The van der Waals surface area contributed by atoms with Gasteiger partial charge in [0.05, 0.1) is 18.0 Å². The second-order valence-corrected chi connectivity index (χ2v) is 5.55. The lowest BCUT2D eigenvalue weighted by atomic mass is 10.1. The normalized spacial score (nSPS) is 15.2. The minimum Gasteiger partial charge on any atom is -0.450 e. The highest BCUT2D eigenvalue weighted by Gasteiger charge is 2.23. The van der Waals surface area contributed by atoms with Crippen LogP contribution in [0.5, 0.6) is 0 Å². The number of benzene rings is 1. The average molecular weight is 322 g/mol. The van der Waals surface area contributed by atoms with Crippen LogP contribution in [0.4, 0.5) is 16.2 Å². The van der Waals surface area contributed by atoms with Crippen LogP contribution < -0.4 is 16.4 Å². The molecule has 1 amide bonds. The first-order chi connectivity index (χ1) is 10.6. The van der Waals surface area contributed by atoms with Crippen molar-refractivity contribution >= 4 is 34.8 Å². The lowest BCUT2D eigenvalue weighted by Gasteiger charge is -2.32. The van der Waals surface area contributed by atoms with Gasteiger partial charge in [0.15, 0.2) is 5.11 Å². The number of rotatable bonds is 3. The van der Waals surface area contributed by atoms with E-state index in [1.54, 1.807) is 4.90 Å². The van der Waals surface area contributed by atoms with Crippen LogP contribution in [0.1, 0.15) is 19.8 Å². The van der Waals surface area contributed by atoms with Crippen molar-refractivity contribution in [2.75, 3.05) is 30.7 Å². The Morgan fingerprint density at radius 1 is 1.41 bits per heavy atom. The van der Waals surface area contributed by atoms with E-state index in [2.05, 4.69) is 10.6 Å². The Hall–Kier alpha value is -2.02. The minimum absolute atomic E-state index is 0.237. The Labute approximate surface area is 136 Å². The zero-order chi connectivity index (χ0) is 15.9. The molecule has 1 fully saturated rings. The van der Waals surface area contributed by atoms with E-state index in [1.807, 2.05) is 31.2 Å². The molecule has 7 heteroatoms. The SMILES string of the molecule is CCOC(=O)N1CCC(NC(=S)Nc2ccccc2N)CC1. The summed E-state index contributed by atoms with van der Waals surface area (Å²) in [6, 6.07) is 7.73. The summed E-state index contributed by atoms with van der Waals surface area (Å²) >= 11 is 5.32. The lowest BCUT2D eigenvalue weighted by molar-refractivity contribution is 0.0964. The molecule has 0 aromatic heterocycles. The number of carbonyl (C=O) groups is 1. The molecule has 0 atom stereocenters. The number of ether oxygens (including phenoxy) is 1. The highest BCUT2D eigenvalue weighted by atomic mass is 32.1. The monoisotopic (exact) mass is 322 g/mol. The standard InChI is InChI=1S/C15H22N4O2S/c1-2-21-15(20)19-9-7-11(8-10-19)17-14(22)18-13-6-4-3-5-12(13)16/h3-6,11H,2,7-10,16H2,1H3,(H2,17,18,22). The molecule has 0 radical (unpaired) electrons. The van der Waals surface area contributed by atoms with Gasteiger partial charge >= 0.3 is 6.09 Å². The number of amides is 1. The molecular weight excluding hydrogens is 300 g/mol. The second-order valence-electron chi connectivity index (χ2n) is 5.15. The molecule has 1 heterocycles. The molecule has 1 aliphatic heterocycles. The second kappa shape index (κ2) is 7.84. The number of anilines is 2. The van der Waals surface area contributed by atoms with Crippen molar-refractivity contribution in [3.05, 3.63) is 24.3 Å². The molecule has 6 nitrogen and oxygen atoms in total. The van der Waals surface area contributed by atoms with Gasteiger partial charge in [-0.2, -0.15) is 0 Å². The predicted molar refractivity (Wildman–Crippen MR) is 91.8 cm³/mol. The highest BCUT2D eigenvalue weighted by Crippen LogP contribution is 2.17. The van der Waals surface area contributed by atoms with E-state index in [0.717, 1.165) is 18.5 Å². The molecule has 0 unspecified atom stereocenters. The molecule has 0 saturated carbocycles. The van der Waals surface area contributed by atoms with Crippen LogP contribution in [0.3, 0.4) is 0 Å². The Bertz CT molecular complexity index is 530. The zero-order valence-corrected chi connectivity index (χ0v) is 13.5. The van der Waals surface area contributed by atoms with Crippen LogP contribution >= 0.6 is 12.2 Å². The van der Waals surface area contributed by atoms with Crippen LogP contribution in [0.25, 0.3) is 0 Å². The molecule has 1 aliphatic rings. The van der Waals surface area contributed by atoms with Crippen LogP contribution in [0, 0.1) is 0 Å². The van der Waals surface area contributed by atoms with Crippen molar-refractivity contribution in [1.82, 2.24) is 10.2 Å². The average Bonchev–Trinajstić information content (AvgIpc) is 2.50. The fourth-order valence-electron chi connectivity index (χ4n) is 2.38. The van der Waals surface area contributed by atoms with Crippen molar-refractivity contribution < 1.29 is 9.53 Å². The molecular formula is C15H22N4O2S. The fraction of sp³-hybridized carbons (Fsp3) is 0.467. The van der Waals surface area contributed by atoms with Crippen molar-refractivity contribution in [2.24, 2.45) is 0 Å². The molecule has 0 bridgehead atoms. The van der Waals surface area contributed by atoms with Crippen molar-refractivity contribution in [1.29, 1.82) is 0 Å². The number of likely N-dealkylation sites (tertiary alicyclic amines) is 1. The number of nitrogens with one attached hydrogen (secondary N) is 2. The minimum atomic E-state index is -0.237. The molecule has 1 saturated heterocycles. The first-order valence-electron chi connectivity index (χ1n) is 7.44. The van der Waals surface area contributed by atoms with Crippen LogP contribution in [0.2, 0.25) is 0 Å². The van der Waals surface area contributed by atoms with E-state index in [4.69, 9.17) is 22.7 Å². The molecule has 22 heavy (non-hydrogen) atoms. The van der Waals surface area contributed by atoms with Gasteiger partial charge in [-0.1, -0.05) is 12.1 Å². The molecule has 120 valence electrons. The molecule has 2 rings (SSSR count). The number of nitrogen functional groups attached to an aromatic ring is 1. The maximum absolute atomic E-state index is 11.6. The molecule has 0 spiro atoms. The Morgan fingerprint density at radius 2 is 2.09 bits per heavy atom. The van der Waals surface area contributed by atoms with Crippen molar-refractivity contribution in [3.8, 4) is 0 Å². The Balaban J connectivity index is 1.77. The number of piperidine rings is 1. The van der Waals surface area contributed by atoms with Gasteiger partial charge in [0.2, 0.25) is 0 Å². The van der Waals surface area contributed by atoms with Gasteiger partial charge in [0, 0.05) is 19.1 Å². The van der Waals surface area contributed by atoms with Crippen LogP contribution in [-0.2, 0) is 4.74 Å². The summed E-state index contributed by atoms with van der Waals surface area (Å²) in [7, 11) is 0. The number of hydrogen-bond donors (Lipinski definition) is 3. The number of thiocarbonyl (C=S) groups is 1. The molecule has 0 aliphatic carbocycles. The largest absolute Gasteiger partial charge is 0.450 e. The third-order valence-corrected chi connectivity index (χ3v) is 3.79. The number of carbonyl (C=O) groups excluding carboxylic acids is 1. The molecule has 1 aromatic rings. The van der Waals surface area contributed by atoms with Gasteiger partial charge < -0.3 is 26.0 Å². The summed E-state index contributed by atoms with van der Waals surface area (Å²) in [6.45, 7) is 3.56. The summed E-state index contributed by atoms with van der Waals surface area (Å²) in [6.07, 6.45) is 1.44. The topological polar surface area (TPSA) is 79.6 Å². The summed E-state index contributed by atoms with van der Waals surface area (Å²) < 4.78 is 5.00. The third-order valence-electron chi connectivity index (χ3n) is 3.57. The smallest absolute Gasteiger partial charge is 0.409 e. The first-order valence-corrected chi connectivity index (χ1v) is 7.84. The van der Waals surface area contributed by atoms with Gasteiger partial charge in [-0.25, -0.2) is 4.79 Å². The van der Waals surface area contributed by atoms with Crippen LogP contribution in [0.15, 0.2) is 24.3 Å². The first kappa shape index (κ1) is 16.4. The van der Waals surface area contributed by atoms with Crippen LogP contribution in [-0.4, -0.2) is 41.8 Å². The third kappa shape index (κ3) is 4.49. The van der Waals surface area contributed by atoms with Gasteiger partial charge in [0.1, 0.15) is 0 Å². The summed E-state index contributed by atoms with van der Waals surface area (Å²) in [5, 5.41) is 6.92. The van der Waals surface area contributed by atoms with E-state index in [0.29, 0.717) is 30.5 Å². The zero-order valence-electron chi connectivity index (χ0n) is 12.7. The predicted octanol–water partition coefficient (Wildman–Crippen LogP) is 2.18. The molecule has 1 aromatic carbocycles. The fourth-order valence-corrected chi connectivity index (χ4v) is 2.65. The van der Waals surface area contributed by atoms with E-state index >= 15 is 0 Å².